The van der Waals surface area contributed by atoms with Crippen molar-refractivity contribution < 1.29 is 18.8 Å². The highest BCUT2D eigenvalue weighted by Crippen LogP contribution is 2.47. The van der Waals surface area contributed by atoms with Crippen molar-refractivity contribution in [2.75, 3.05) is 6.61 Å². The van der Waals surface area contributed by atoms with Crippen molar-refractivity contribution in [1.29, 1.82) is 0 Å². The maximum atomic E-state index is 7.40. The molecule has 5 nitrogen and oxygen atoms in total. The Morgan fingerprint density at radius 2 is 1.10 bits per heavy atom. The van der Waals surface area contributed by atoms with Crippen LogP contribution < -0.4 is 20.6 Å². The summed E-state index contributed by atoms with van der Waals surface area (Å²) in [5.74, 6) is 0.811. The minimum atomic E-state index is -2.06. The summed E-state index contributed by atoms with van der Waals surface area (Å²) in [6.07, 6.45) is 3.61. The summed E-state index contributed by atoms with van der Waals surface area (Å²) in [6.45, 7) is 51.1. The van der Waals surface area contributed by atoms with Gasteiger partial charge in [0.2, 0.25) is 0 Å². The van der Waals surface area contributed by atoms with Crippen molar-refractivity contribution in [2.24, 2.45) is 5.41 Å². The number of rotatable bonds is 14. The number of aromatic nitrogens is 1. The molecule has 0 N–H and O–H groups in total. The van der Waals surface area contributed by atoms with Crippen LogP contribution in [0.15, 0.2) is 48.5 Å². The van der Waals surface area contributed by atoms with Gasteiger partial charge in [0.05, 0.1) is 50.7 Å². The second kappa shape index (κ2) is 17.7. The van der Waals surface area contributed by atoms with Crippen LogP contribution in [0.4, 0.5) is 0 Å². The Labute approximate surface area is 387 Å². The summed E-state index contributed by atoms with van der Waals surface area (Å²) in [4.78, 5) is 0. The van der Waals surface area contributed by atoms with Crippen LogP contribution in [0.5, 0.6) is 5.75 Å². The maximum Gasteiger partial charge on any atom is 0.498 e. The van der Waals surface area contributed by atoms with Crippen LogP contribution in [0.1, 0.15) is 177 Å². The van der Waals surface area contributed by atoms with E-state index in [0.717, 1.165) is 42.6 Å². The molecule has 1 aromatic heterocycles. The number of fused-ring (bicyclic) bond motifs is 3. The van der Waals surface area contributed by atoms with Crippen molar-refractivity contribution in [1.82, 2.24) is 4.57 Å². The lowest BCUT2D eigenvalue weighted by Gasteiger charge is -2.43. The van der Waals surface area contributed by atoms with Gasteiger partial charge in [-0.15, -0.1) is 0 Å². The van der Waals surface area contributed by atoms with E-state index in [0.29, 0.717) is 39.9 Å². The fourth-order valence-corrected chi connectivity index (χ4v) is 27.2. The molecule has 2 aliphatic rings. The van der Waals surface area contributed by atoms with E-state index < -0.39 is 34.5 Å². The second-order valence-corrected chi connectivity index (χ2v) is 36.4. The molecule has 0 bridgehead atoms. The first-order valence-electron chi connectivity index (χ1n) is 25.0. The fraction of sp³-hybridized carbons (Fsp3) is 0.673. The standard InChI is InChI=1S/C55H88BNO4Si2/c1-35(2)62(36(3)4,37(5)6)42-25-27-44-45-28-26-43(63(38(7)8,39(9)10)40(11)12)33-48(45)57(47(44)32-42)49-31-41(53(16,17)34-52(13,14)15)30-46(51(49)59-50-24-22-23-29-58-50)56-60-54(18,19)55(20,21)61-56/h25-28,30-33,35-40,50H,22-24,29,34H2,1-21H3. The van der Waals surface area contributed by atoms with Crippen LogP contribution in [-0.2, 0) is 19.5 Å². The predicted octanol–water partition coefficient (Wildman–Crippen LogP) is 14.5. The lowest BCUT2D eigenvalue weighted by molar-refractivity contribution is -0.105. The third-order valence-electron chi connectivity index (χ3n) is 16.5. The van der Waals surface area contributed by atoms with Crippen molar-refractivity contribution in [3.8, 4) is 11.4 Å². The summed E-state index contributed by atoms with van der Waals surface area (Å²) in [5, 5.41) is 5.68. The van der Waals surface area contributed by atoms with E-state index in [1.54, 1.807) is 10.4 Å². The second-order valence-electron chi connectivity index (χ2n) is 24.6. The molecule has 2 fully saturated rings. The average molecular weight is 894 g/mol. The van der Waals surface area contributed by atoms with Crippen LogP contribution >= 0.6 is 0 Å². The van der Waals surface area contributed by atoms with E-state index in [1.807, 2.05) is 0 Å². The molecule has 8 heteroatoms. The van der Waals surface area contributed by atoms with Gasteiger partial charge < -0.3 is 23.3 Å². The first-order valence-corrected chi connectivity index (χ1v) is 29.4. The van der Waals surface area contributed by atoms with Gasteiger partial charge in [-0.25, -0.2) is 0 Å². The van der Waals surface area contributed by atoms with Gasteiger partial charge in [-0.2, -0.15) is 0 Å². The minimum Gasteiger partial charge on any atom is -0.463 e. The molecule has 0 radical (unpaired) electrons. The molecule has 0 saturated carbocycles. The van der Waals surface area contributed by atoms with Gasteiger partial charge in [-0.3, -0.25) is 0 Å². The molecule has 0 spiro atoms. The van der Waals surface area contributed by atoms with Crippen LogP contribution in [0.25, 0.3) is 27.5 Å². The molecule has 63 heavy (non-hydrogen) atoms. The van der Waals surface area contributed by atoms with Gasteiger partial charge in [-0.05, 0) is 115 Å². The van der Waals surface area contributed by atoms with Crippen molar-refractivity contribution in [3.63, 3.8) is 0 Å². The van der Waals surface area contributed by atoms with Crippen molar-refractivity contribution in [3.05, 3.63) is 54.1 Å². The summed E-state index contributed by atoms with van der Waals surface area (Å²) >= 11 is 0. The number of nitrogens with zero attached hydrogens (tertiary/aromatic N) is 1. The van der Waals surface area contributed by atoms with E-state index in [2.05, 4.69) is 198 Å². The van der Waals surface area contributed by atoms with Gasteiger partial charge in [0.1, 0.15) is 5.75 Å². The Hall–Kier alpha value is -2.36. The highest BCUT2D eigenvalue weighted by atomic mass is 28.3. The predicted molar refractivity (Wildman–Crippen MR) is 279 cm³/mol. The Bertz CT molecular complexity index is 2100. The van der Waals surface area contributed by atoms with Gasteiger partial charge >= 0.3 is 7.12 Å². The van der Waals surface area contributed by atoms with Gasteiger partial charge in [0.15, 0.2) is 6.29 Å². The first-order chi connectivity index (χ1) is 29.0. The van der Waals surface area contributed by atoms with E-state index in [9.17, 15) is 0 Å². The molecule has 2 saturated heterocycles. The zero-order valence-electron chi connectivity index (χ0n) is 43.9. The third kappa shape index (κ3) is 8.73. The zero-order chi connectivity index (χ0) is 47.0. The monoisotopic (exact) mass is 894 g/mol. The SMILES string of the molecule is CC(C)[Si](c1ccc2c3ccc([Si](C(C)C)(C(C)C)C(C)C)cc3n(-c3cc(C(C)(C)CC(C)(C)C)cc(B4OC(C)(C)C(C)(C)O4)c3OC3CCCCO3)c2c1)(C(C)C)C(C)C. The van der Waals surface area contributed by atoms with Crippen LogP contribution in [-0.4, -0.2) is 51.9 Å². The molecule has 2 aliphatic heterocycles. The van der Waals surface area contributed by atoms with Crippen LogP contribution in [0, 0.1) is 5.41 Å². The van der Waals surface area contributed by atoms with Gasteiger partial charge in [0, 0.05) is 22.7 Å². The summed E-state index contributed by atoms with van der Waals surface area (Å²) < 4.78 is 30.6. The fourth-order valence-electron chi connectivity index (χ4n) is 13.6. The molecule has 3 aromatic carbocycles. The molecule has 348 valence electrons. The minimum absolute atomic E-state index is 0.104. The Kier molecular flexibility index (Phi) is 14.1. The summed E-state index contributed by atoms with van der Waals surface area (Å²) in [7, 11) is -4.74. The lowest BCUT2D eigenvalue weighted by Crippen LogP contribution is -2.55. The molecule has 0 amide bonds. The molecule has 4 aromatic rings. The van der Waals surface area contributed by atoms with E-state index in [1.165, 1.54) is 27.4 Å². The van der Waals surface area contributed by atoms with Gasteiger partial charge in [-0.1, -0.05) is 158 Å². The molecular weight excluding hydrogens is 806 g/mol. The molecule has 1 unspecified atom stereocenters. The molecule has 6 rings (SSSR count). The molecule has 1 atom stereocenters. The summed E-state index contributed by atoms with van der Waals surface area (Å²) in [5.41, 5.74) is 8.11. The largest absolute Gasteiger partial charge is 0.498 e. The smallest absolute Gasteiger partial charge is 0.463 e. The van der Waals surface area contributed by atoms with E-state index in [4.69, 9.17) is 18.8 Å². The number of hydrogen-bond donors (Lipinski definition) is 0. The number of hydrogen-bond acceptors (Lipinski definition) is 4. The average Bonchev–Trinajstić information content (AvgIpc) is 3.58. The van der Waals surface area contributed by atoms with Crippen LogP contribution in [0.3, 0.4) is 0 Å². The Balaban J connectivity index is 1.86. The van der Waals surface area contributed by atoms with Gasteiger partial charge in [0.25, 0.3) is 0 Å². The molecular formula is C55H88BNO4Si2. The third-order valence-corrected chi connectivity index (χ3v) is 30.6. The molecule has 3 heterocycles. The highest BCUT2D eigenvalue weighted by molar-refractivity contribution is 6.95. The normalized spacial score (nSPS) is 19.1. The maximum absolute atomic E-state index is 7.40. The van der Waals surface area contributed by atoms with Crippen molar-refractivity contribution >= 4 is 60.9 Å². The molecule has 0 aliphatic carbocycles. The Morgan fingerprint density at radius 1 is 0.651 bits per heavy atom. The van der Waals surface area contributed by atoms with Crippen LogP contribution in [0.2, 0.25) is 33.2 Å². The Morgan fingerprint density at radius 3 is 1.48 bits per heavy atom. The first kappa shape index (κ1) is 50.1. The summed E-state index contributed by atoms with van der Waals surface area (Å²) in [6, 6.07) is 20.1. The zero-order valence-corrected chi connectivity index (χ0v) is 45.9. The topological polar surface area (TPSA) is 41.9 Å². The number of ether oxygens (including phenoxy) is 2. The van der Waals surface area contributed by atoms with E-state index in [-0.39, 0.29) is 17.1 Å². The lowest BCUT2D eigenvalue weighted by atomic mass is 9.69. The number of benzene rings is 3. The quantitative estimate of drug-likeness (QED) is 0.118. The van der Waals surface area contributed by atoms with E-state index >= 15 is 0 Å². The van der Waals surface area contributed by atoms with Crippen molar-refractivity contribution in [2.45, 2.75) is 227 Å². The highest BCUT2D eigenvalue weighted by Gasteiger charge is 2.53.